The largest absolute Gasteiger partial charge is 0.384 e. The second kappa shape index (κ2) is 7.01. The van der Waals surface area contributed by atoms with E-state index in [1.54, 1.807) is 29.3 Å². The molecule has 7 nitrogen and oxygen atoms in total. The quantitative estimate of drug-likeness (QED) is 0.766. The summed E-state index contributed by atoms with van der Waals surface area (Å²) in [7, 11) is 0. The van der Waals surface area contributed by atoms with Gasteiger partial charge in [-0.25, -0.2) is 9.97 Å². The van der Waals surface area contributed by atoms with Gasteiger partial charge in [0.2, 0.25) is 5.91 Å². The van der Waals surface area contributed by atoms with Gasteiger partial charge < -0.3 is 10.4 Å². The number of rotatable bonds is 4. The van der Waals surface area contributed by atoms with Gasteiger partial charge in [0, 0.05) is 18.2 Å². The van der Waals surface area contributed by atoms with Crippen molar-refractivity contribution in [1.29, 1.82) is 0 Å². The highest BCUT2D eigenvalue weighted by molar-refractivity contribution is 5.89. The van der Waals surface area contributed by atoms with Crippen LogP contribution in [0.1, 0.15) is 12.0 Å². The number of anilines is 1. The number of amides is 1. The first-order valence-corrected chi connectivity index (χ1v) is 5.96. The molecule has 0 fully saturated rings. The van der Waals surface area contributed by atoms with E-state index >= 15 is 0 Å². The fourth-order valence-corrected chi connectivity index (χ4v) is 1.49. The highest BCUT2D eigenvalue weighted by Crippen LogP contribution is 2.06. The zero-order valence-corrected chi connectivity index (χ0v) is 10.7. The van der Waals surface area contributed by atoms with Gasteiger partial charge >= 0.3 is 0 Å². The highest BCUT2D eigenvalue weighted by Gasteiger charge is 2.04. The molecule has 102 valence electrons. The van der Waals surface area contributed by atoms with Crippen LogP contribution in [0, 0.1) is 11.8 Å². The standard InChI is InChI=1S/C13H13N5O2/c19-7-1-2-11-3-5-15-12(8-11)17-13(20)4-6-18-10-14-9-16-18/h3,5,8-10,19H,4,6-7H2,(H,15,17,20). The molecule has 0 unspecified atom stereocenters. The number of pyridine rings is 1. The fraction of sp³-hybridized carbons (Fsp3) is 0.231. The Morgan fingerprint density at radius 3 is 3.15 bits per heavy atom. The Labute approximate surface area is 115 Å². The lowest BCUT2D eigenvalue weighted by molar-refractivity contribution is -0.116. The van der Waals surface area contributed by atoms with Crippen LogP contribution >= 0.6 is 0 Å². The molecule has 20 heavy (non-hydrogen) atoms. The molecule has 0 spiro atoms. The van der Waals surface area contributed by atoms with Gasteiger partial charge in [0.25, 0.3) is 0 Å². The third-order valence-corrected chi connectivity index (χ3v) is 2.37. The van der Waals surface area contributed by atoms with Crippen molar-refractivity contribution in [3.63, 3.8) is 0 Å². The number of carbonyl (C=O) groups excluding carboxylic acids is 1. The van der Waals surface area contributed by atoms with Gasteiger partial charge in [0.05, 0.1) is 6.54 Å². The molecule has 1 amide bonds. The summed E-state index contributed by atoms with van der Waals surface area (Å²) in [6, 6.07) is 3.35. The third kappa shape index (κ3) is 4.19. The molecule has 2 heterocycles. The monoisotopic (exact) mass is 271 g/mol. The van der Waals surface area contributed by atoms with Crippen LogP contribution in [-0.2, 0) is 11.3 Å². The van der Waals surface area contributed by atoms with Gasteiger partial charge in [-0.15, -0.1) is 0 Å². The van der Waals surface area contributed by atoms with Crippen molar-refractivity contribution in [2.24, 2.45) is 0 Å². The molecule has 0 aliphatic rings. The molecule has 0 saturated carbocycles. The molecule has 7 heteroatoms. The normalized spacial score (nSPS) is 9.65. The van der Waals surface area contributed by atoms with Crippen molar-refractivity contribution in [3.05, 3.63) is 36.5 Å². The maximum Gasteiger partial charge on any atom is 0.227 e. The molecule has 2 N–H and O–H groups in total. The van der Waals surface area contributed by atoms with E-state index < -0.39 is 0 Å². The van der Waals surface area contributed by atoms with E-state index in [0.717, 1.165) is 0 Å². The van der Waals surface area contributed by atoms with Crippen LogP contribution in [-0.4, -0.2) is 37.4 Å². The number of aryl methyl sites for hydroxylation is 1. The molecule has 0 aliphatic carbocycles. The molecular formula is C13H13N5O2. The zero-order chi connectivity index (χ0) is 14.2. The van der Waals surface area contributed by atoms with Crippen LogP contribution in [0.4, 0.5) is 5.82 Å². The first-order valence-electron chi connectivity index (χ1n) is 5.96. The number of nitrogens with zero attached hydrogens (tertiary/aromatic N) is 4. The summed E-state index contributed by atoms with van der Waals surface area (Å²) < 4.78 is 1.58. The number of aliphatic hydroxyl groups is 1. The predicted octanol–water partition coefficient (Wildman–Crippen LogP) is 0.0457. The number of hydrogen-bond acceptors (Lipinski definition) is 5. The van der Waals surface area contributed by atoms with Crippen molar-refractivity contribution in [2.75, 3.05) is 11.9 Å². The molecule has 0 bridgehead atoms. The van der Waals surface area contributed by atoms with Crippen molar-refractivity contribution in [1.82, 2.24) is 19.7 Å². The van der Waals surface area contributed by atoms with E-state index in [1.807, 2.05) is 0 Å². The summed E-state index contributed by atoms with van der Waals surface area (Å²) in [6.07, 6.45) is 4.80. The molecule has 0 saturated heterocycles. The van der Waals surface area contributed by atoms with E-state index in [1.165, 1.54) is 6.33 Å². The molecule has 0 aliphatic heterocycles. The molecule has 0 aromatic carbocycles. The van der Waals surface area contributed by atoms with Gasteiger partial charge in [-0.05, 0) is 12.1 Å². The van der Waals surface area contributed by atoms with Crippen molar-refractivity contribution in [2.45, 2.75) is 13.0 Å². The molecule has 0 radical (unpaired) electrons. The Bertz CT molecular complexity index is 628. The van der Waals surface area contributed by atoms with Crippen molar-refractivity contribution < 1.29 is 9.90 Å². The van der Waals surface area contributed by atoms with E-state index in [9.17, 15) is 4.79 Å². The average Bonchev–Trinajstić information content (AvgIpc) is 2.97. The first kappa shape index (κ1) is 13.7. The summed E-state index contributed by atoms with van der Waals surface area (Å²) in [6.45, 7) is 0.248. The number of hydrogen-bond donors (Lipinski definition) is 2. The lowest BCUT2D eigenvalue weighted by atomic mass is 10.2. The van der Waals surface area contributed by atoms with Crippen LogP contribution in [0.3, 0.4) is 0 Å². The van der Waals surface area contributed by atoms with E-state index in [0.29, 0.717) is 17.9 Å². The Balaban J connectivity index is 1.90. The second-order valence-corrected chi connectivity index (χ2v) is 3.85. The van der Waals surface area contributed by atoms with Gasteiger partial charge in [-0.3, -0.25) is 9.48 Å². The Morgan fingerprint density at radius 1 is 1.50 bits per heavy atom. The van der Waals surface area contributed by atoms with E-state index in [-0.39, 0.29) is 18.9 Å². The SMILES string of the molecule is O=C(CCn1cncn1)Nc1cc(C#CCO)ccn1. The Morgan fingerprint density at radius 2 is 2.40 bits per heavy atom. The Kier molecular flexibility index (Phi) is 4.81. The number of aromatic nitrogens is 4. The molecule has 2 aromatic rings. The van der Waals surface area contributed by atoms with E-state index in [2.05, 4.69) is 32.2 Å². The Hall–Kier alpha value is -2.72. The van der Waals surface area contributed by atoms with Gasteiger partial charge in [-0.2, -0.15) is 5.10 Å². The lowest BCUT2D eigenvalue weighted by Crippen LogP contribution is -2.15. The molecule has 2 aromatic heterocycles. The predicted molar refractivity (Wildman–Crippen MR) is 71.5 cm³/mol. The summed E-state index contributed by atoms with van der Waals surface area (Å²) in [5.41, 5.74) is 0.681. The smallest absolute Gasteiger partial charge is 0.227 e. The molecule has 0 atom stereocenters. The average molecular weight is 271 g/mol. The van der Waals surface area contributed by atoms with Crippen molar-refractivity contribution >= 4 is 11.7 Å². The minimum absolute atomic E-state index is 0.166. The minimum Gasteiger partial charge on any atom is -0.384 e. The maximum absolute atomic E-state index is 11.7. The molecule has 2 rings (SSSR count). The van der Waals surface area contributed by atoms with Gasteiger partial charge in [0.1, 0.15) is 25.1 Å². The topological polar surface area (TPSA) is 92.9 Å². The molecular weight excluding hydrogens is 258 g/mol. The van der Waals surface area contributed by atoms with Gasteiger partial charge in [-0.1, -0.05) is 11.8 Å². The van der Waals surface area contributed by atoms with Crippen LogP contribution < -0.4 is 5.32 Å². The fourth-order valence-electron chi connectivity index (χ4n) is 1.49. The van der Waals surface area contributed by atoms with Gasteiger partial charge in [0.15, 0.2) is 0 Å². The number of nitrogens with one attached hydrogen (secondary N) is 1. The maximum atomic E-state index is 11.7. The van der Waals surface area contributed by atoms with Crippen LogP contribution in [0.5, 0.6) is 0 Å². The van der Waals surface area contributed by atoms with Crippen LogP contribution in [0.25, 0.3) is 0 Å². The second-order valence-electron chi connectivity index (χ2n) is 3.85. The summed E-state index contributed by atoms with van der Waals surface area (Å²) in [5.74, 6) is 5.55. The summed E-state index contributed by atoms with van der Waals surface area (Å²) in [4.78, 5) is 19.6. The minimum atomic E-state index is -0.206. The summed E-state index contributed by atoms with van der Waals surface area (Å²) >= 11 is 0. The number of aliphatic hydroxyl groups excluding tert-OH is 1. The van der Waals surface area contributed by atoms with Crippen LogP contribution in [0.2, 0.25) is 0 Å². The van der Waals surface area contributed by atoms with Crippen molar-refractivity contribution in [3.8, 4) is 11.8 Å². The van der Waals surface area contributed by atoms with Crippen LogP contribution in [0.15, 0.2) is 31.0 Å². The number of carbonyl (C=O) groups is 1. The third-order valence-electron chi connectivity index (χ3n) is 2.37. The first-order chi connectivity index (χ1) is 9.78. The van der Waals surface area contributed by atoms with E-state index in [4.69, 9.17) is 5.11 Å². The lowest BCUT2D eigenvalue weighted by Gasteiger charge is -2.04. The zero-order valence-electron chi connectivity index (χ0n) is 10.7. The highest BCUT2D eigenvalue weighted by atomic mass is 16.2. The summed E-state index contributed by atoms with van der Waals surface area (Å²) in [5, 5.41) is 15.2.